The molecule has 6 atom stereocenters. The van der Waals surface area contributed by atoms with Crippen LogP contribution in [0.15, 0.2) is 121 Å². The third-order valence-corrected chi connectivity index (χ3v) is 20.4. The molecular weight excluding hydrogens is 769 g/mol. The van der Waals surface area contributed by atoms with Gasteiger partial charge < -0.3 is 27.8 Å². The topological polar surface area (TPSA) is 124 Å². The Kier molecular flexibility index (Phi) is 13.7. The van der Waals surface area contributed by atoms with Crippen molar-refractivity contribution in [2.24, 2.45) is 0 Å². The SMILES string of the molecule is CC(C)(C)[Si](C)(C)O[C@@H]1[C@@H](OC(=O)c2ccccc2)[C@@H](O[Si](C)(C)C(C)(C)C)[C@@H](OC(=O)c2ccccc2)[C@H](OC(=O)c2ccccc2)[C@H]1OC(=O)c1ccccc1. The molecule has 0 radical (unpaired) electrons. The number of rotatable bonds is 12. The number of hydrogen-bond acceptors (Lipinski definition) is 10. The van der Waals surface area contributed by atoms with E-state index in [-0.39, 0.29) is 22.3 Å². The number of ether oxygens (including phenoxy) is 4. The van der Waals surface area contributed by atoms with Crippen LogP contribution in [0.1, 0.15) is 83.0 Å². The highest BCUT2D eigenvalue weighted by molar-refractivity contribution is 6.74. The molecule has 12 heteroatoms. The van der Waals surface area contributed by atoms with Crippen molar-refractivity contribution >= 4 is 40.5 Å². The first-order valence-electron chi connectivity index (χ1n) is 19.6. The number of carbonyl (C=O) groups excluding carboxylic acids is 4. The van der Waals surface area contributed by atoms with Crippen LogP contribution in [0.2, 0.25) is 36.3 Å². The van der Waals surface area contributed by atoms with Crippen LogP contribution in [0.4, 0.5) is 0 Å². The van der Waals surface area contributed by atoms with Gasteiger partial charge in [-0.05, 0) is 84.8 Å². The molecule has 4 aromatic carbocycles. The molecule has 0 aliphatic heterocycles. The molecule has 308 valence electrons. The van der Waals surface area contributed by atoms with Gasteiger partial charge in [-0.2, -0.15) is 0 Å². The van der Waals surface area contributed by atoms with E-state index in [1.807, 2.05) is 26.2 Å². The van der Waals surface area contributed by atoms with Gasteiger partial charge in [-0.1, -0.05) is 114 Å². The summed E-state index contributed by atoms with van der Waals surface area (Å²) in [7, 11) is -5.75. The zero-order valence-corrected chi connectivity index (χ0v) is 37.1. The molecular formula is C46H56O10Si2. The molecule has 0 amide bonds. The van der Waals surface area contributed by atoms with Gasteiger partial charge in [-0.3, -0.25) is 0 Å². The Hall–Kier alpha value is -4.89. The fourth-order valence-electron chi connectivity index (χ4n) is 6.02. The Balaban J connectivity index is 1.80. The van der Waals surface area contributed by atoms with Crippen LogP contribution in [0.5, 0.6) is 0 Å². The lowest BCUT2D eigenvalue weighted by Crippen LogP contribution is -2.71. The maximum absolute atomic E-state index is 14.3. The number of carbonyl (C=O) groups is 4. The monoisotopic (exact) mass is 824 g/mol. The second kappa shape index (κ2) is 17.9. The molecule has 0 spiro atoms. The van der Waals surface area contributed by atoms with Gasteiger partial charge in [-0.15, -0.1) is 0 Å². The van der Waals surface area contributed by atoms with Crippen LogP contribution < -0.4 is 0 Å². The van der Waals surface area contributed by atoms with Gasteiger partial charge in [-0.25, -0.2) is 19.2 Å². The summed E-state index contributed by atoms with van der Waals surface area (Å²) in [4.78, 5) is 56.9. The molecule has 1 aliphatic carbocycles. The van der Waals surface area contributed by atoms with Crippen LogP contribution in [0, 0.1) is 0 Å². The summed E-state index contributed by atoms with van der Waals surface area (Å²) in [5.74, 6) is -2.95. The van der Waals surface area contributed by atoms with Crippen molar-refractivity contribution in [2.45, 2.75) is 114 Å². The summed E-state index contributed by atoms with van der Waals surface area (Å²) in [5, 5.41) is -0.783. The van der Waals surface area contributed by atoms with E-state index in [0.29, 0.717) is 0 Å². The number of hydrogen-bond donors (Lipinski definition) is 0. The van der Waals surface area contributed by atoms with Crippen LogP contribution in [0.3, 0.4) is 0 Å². The van der Waals surface area contributed by atoms with E-state index in [1.54, 1.807) is 121 Å². The predicted molar refractivity (Wildman–Crippen MR) is 227 cm³/mol. The summed E-state index contributed by atoms with van der Waals surface area (Å²) >= 11 is 0. The maximum Gasteiger partial charge on any atom is 0.338 e. The van der Waals surface area contributed by atoms with Crippen LogP contribution in [-0.2, 0) is 27.8 Å². The van der Waals surface area contributed by atoms with E-state index in [2.05, 4.69) is 41.5 Å². The minimum absolute atomic E-state index is 0.213. The molecule has 1 saturated carbocycles. The normalized spacial score (nSPS) is 21.3. The zero-order valence-electron chi connectivity index (χ0n) is 35.1. The largest absolute Gasteiger partial charge is 0.453 e. The number of esters is 4. The minimum Gasteiger partial charge on any atom is -0.453 e. The van der Waals surface area contributed by atoms with E-state index in [4.69, 9.17) is 27.8 Å². The molecule has 5 rings (SSSR count). The van der Waals surface area contributed by atoms with E-state index in [1.165, 1.54) is 0 Å². The van der Waals surface area contributed by atoms with Gasteiger partial charge >= 0.3 is 23.9 Å². The van der Waals surface area contributed by atoms with Crippen molar-refractivity contribution in [3.8, 4) is 0 Å². The number of benzene rings is 4. The standard InChI is InChI=1S/C46H56O10Si2/c1-45(2,3)57(7,8)55-39-36(52-42(48)32-25-17-12-18-26-32)35(51-41(47)31-23-15-11-16-24-31)37(53-43(49)33-27-19-13-20-28-33)40(56-58(9,10)46(4,5)6)38(39)54-44(50)34-29-21-14-22-30-34/h11-30,35-40H,1-10H3/t35-,36-,37+,38-,39-,40-/m0/s1. The van der Waals surface area contributed by atoms with Crippen molar-refractivity contribution in [2.75, 3.05) is 0 Å². The molecule has 0 heterocycles. The first-order valence-corrected chi connectivity index (χ1v) is 25.4. The lowest BCUT2D eigenvalue weighted by molar-refractivity contribution is -0.216. The molecule has 0 N–H and O–H groups in total. The van der Waals surface area contributed by atoms with Crippen LogP contribution in [-0.4, -0.2) is 77.1 Å². The highest BCUT2D eigenvalue weighted by atomic mass is 28.4. The third-order valence-electron chi connectivity index (χ3n) is 11.4. The van der Waals surface area contributed by atoms with E-state index < -0.39 is 87.2 Å². The van der Waals surface area contributed by atoms with Crippen LogP contribution >= 0.6 is 0 Å². The van der Waals surface area contributed by atoms with Crippen molar-refractivity contribution in [1.82, 2.24) is 0 Å². The summed E-state index contributed by atoms with van der Waals surface area (Å²) in [6, 6.07) is 33.6. The Morgan fingerprint density at radius 2 is 0.552 bits per heavy atom. The highest BCUT2D eigenvalue weighted by Gasteiger charge is 2.62. The fraction of sp³-hybridized carbons (Fsp3) is 0.391. The lowest BCUT2D eigenvalue weighted by atomic mass is 9.84. The summed E-state index contributed by atoms with van der Waals surface area (Å²) in [6.45, 7) is 20.4. The molecule has 0 bridgehead atoms. The molecule has 58 heavy (non-hydrogen) atoms. The Bertz CT molecular complexity index is 1920. The summed E-state index contributed by atoms with van der Waals surface area (Å²) < 4.78 is 40.2. The Labute approximate surface area is 344 Å². The first kappa shape index (κ1) is 44.2. The van der Waals surface area contributed by atoms with Gasteiger partial charge in [0.2, 0.25) is 0 Å². The van der Waals surface area contributed by atoms with Gasteiger partial charge in [0.1, 0.15) is 12.2 Å². The van der Waals surface area contributed by atoms with Crippen LogP contribution in [0.25, 0.3) is 0 Å². The average molecular weight is 825 g/mol. The smallest absolute Gasteiger partial charge is 0.338 e. The predicted octanol–water partition coefficient (Wildman–Crippen LogP) is 9.68. The molecule has 0 saturated heterocycles. The molecule has 0 aromatic heterocycles. The molecule has 10 nitrogen and oxygen atoms in total. The van der Waals surface area contributed by atoms with Crippen molar-refractivity contribution in [3.05, 3.63) is 144 Å². The summed E-state index contributed by atoms with van der Waals surface area (Å²) in [6.07, 6.45) is -8.34. The quantitative estimate of drug-likeness (QED) is 0.0775. The van der Waals surface area contributed by atoms with E-state index >= 15 is 0 Å². The van der Waals surface area contributed by atoms with E-state index in [0.717, 1.165) is 0 Å². The van der Waals surface area contributed by atoms with Gasteiger partial charge in [0.25, 0.3) is 0 Å². The second-order valence-electron chi connectivity index (χ2n) is 17.6. The van der Waals surface area contributed by atoms with E-state index in [9.17, 15) is 19.2 Å². The van der Waals surface area contributed by atoms with Crippen molar-refractivity contribution in [3.63, 3.8) is 0 Å². The highest BCUT2D eigenvalue weighted by Crippen LogP contribution is 2.45. The van der Waals surface area contributed by atoms with Gasteiger partial charge in [0.05, 0.1) is 22.3 Å². The average Bonchev–Trinajstić information content (AvgIpc) is 3.18. The maximum atomic E-state index is 14.3. The Morgan fingerprint density at radius 1 is 0.362 bits per heavy atom. The third kappa shape index (κ3) is 10.4. The van der Waals surface area contributed by atoms with Crippen molar-refractivity contribution in [1.29, 1.82) is 0 Å². The molecule has 4 aromatic rings. The Morgan fingerprint density at radius 3 is 0.759 bits per heavy atom. The fourth-order valence-corrected chi connectivity index (χ4v) is 8.63. The molecule has 0 unspecified atom stereocenters. The lowest BCUT2D eigenvalue weighted by Gasteiger charge is -2.53. The molecule has 1 fully saturated rings. The van der Waals surface area contributed by atoms with Crippen molar-refractivity contribution < 1.29 is 47.0 Å². The molecule has 1 aliphatic rings. The second-order valence-corrected chi connectivity index (χ2v) is 27.1. The first-order chi connectivity index (χ1) is 27.2. The van der Waals surface area contributed by atoms with Gasteiger partial charge in [0.15, 0.2) is 41.1 Å². The minimum atomic E-state index is -2.88. The zero-order chi connectivity index (χ0) is 42.5. The van der Waals surface area contributed by atoms with Gasteiger partial charge in [0, 0.05) is 0 Å². The summed E-state index contributed by atoms with van der Waals surface area (Å²) in [5.41, 5.74) is 0.909.